The number of fused-ring (bicyclic) bond motifs is 1. The van der Waals surface area contributed by atoms with Gasteiger partial charge in [0.25, 0.3) is 0 Å². The Morgan fingerprint density at radius 1 is 1.29 bits per heavy atom. The third-order valence-electron chi connectivity index (χ3n) is 7.18. The Morgan fingerprint density at radius 3 is 2.55 bits per heavy atom. The molecule has 0 radical (unpaired) electrons. The van der Waals surface area contributed by atoms with Crippen LogP contribution in [0, 0.1) is 11.8 Å². The van der Waals surface area contributed by atoms with Crippen molar-refractivity contribution in [2.45, 2.75) is 56.4 Å². The predicted molar refractivity (Wildman–Crippen MR) is 114 cm³/mol. The summed E-state index contributed by atoms with van der Waals surface area (Å²) in [5.74, 6) is -2.43. The van der Waals surface area contributed by atoms with E-state index in [1.165, 1.54) is 11.9 Å². The Morgan fingerprint density at radius 2 is 1.97 bits per heavy atom. The molecule has 4 rings (SSSR count). The standard InChI is InChI=1S/C22H28ClN3O5/c1-4-14(11-27)26-17(19(29)25-13-7-5-12(23)6-8-13)22-10-9-21(2,31-22)15(18(28)24-3)16(22)20(26)30/h5-8,14-17,27H,4,9-11H2,1-3H3,(H,24,28)(H,25,29)/t14-,15+,16-,17?,21-,22?/m0/s1. The summed E-state index contributed by atoms with van der Waals surface area (Å²) in [5, 5.41) is 16.0. The zero-order valence-electron chi connectivity index (χ0n) is 17.9. The highest BCUT2D eigenvalue weighted by Gasteiger charge is 2.78. The molecule has 9 heteroatoms. The third-order valence-corrected chi connectivity index (χ3v) is 7.43. The number of rotatable bonds is 6. The van der Waals surface area contributed by atoms with E-state index >= 15 is 0 Å². The summed E-state index contributed by atoms with van der Waals surface area (Å²) < 4.78 is 6.45. The summed E-state index contributed by atoms with van der Waals surface area (Å²) in [4.78, 5) is 41.5. The molecule has 0 aliphatic carbocycles. The number of amides is 3. The van der Waals surface area contributed by atoms with Gasteiger partial charge in [0, 0.05) is 17.8 Å². The van der Waals surface area contributed by atoms with E-state index in [-0.39, 0.29) is 18.4 Å². The minimum absolute atomic E-state index is 0.266. The number of hydrogen-bond donors (Lipinski definition) is 3. The molecular formula is C22H28ClN3O5. The SMILES string of the molecule is CC[C@@H](CO)N1C(=O)[C@@H]2[C@H](C(=O)NC)[C@]3(C)CCC2(O3)C1C(=O)Nc1ccc(Cl)cc1. The second-order valence-electron chi connectivity index (χ2n) is 8.83. The molecule has 1 spiro atoms. The van der Waals surface area contributed by atoms with Gasteiger partial charge in [0.05, 0.1) is 30.1 Å². The Kier molecular flexibility index (Phi) is 5.52. The van der Waals surface area contributed by atoms with Crippen molar-refractivity contribution in [3.8, 4) is 0 Å². The number of carbonyl (C=O) groups excluding carboxylic acids is 3. The van der Waals surface area contributed by atoms with Gasteiger partial charge in [-0.2, -0.15) is 0 Å². The van der Waals surface area contributed by atoms with Gasteiger partial charge >= 0.3 is 0 Å². The molecule has 31 heavy (non-hydrogen) atoms. The van der Waals surface area contributed by atoms with Gasteiger partial charge in [0.15, 0.2) is 0 Å². The van der Waals surface area contributed by atoms with Crippen molar-refractivity contribution in [1.82, 2.24) is 10.2 Å². The van der Waals surface area contributed by atoms with Gasteiger partial charge in [-0.1, -0.05) is 18.5 Å². The number of anilines is 1. The third kappa shape index (κ3) is 3.15. The van der Waals surface area contributed by atoms with Crippen LogP contribution in [-0.4, -0.2) is 64.7 Å². The Labute approximate surface area is 186 Å². The van der Waals surface area contributed by atoms with E-state index in [9.17, 15) is 19.5 Å². The molecule has 1 aromatic carbocycles. The molecule has 3 fully saturated rings. The van der Waals surface area contributed by atoms with Gasteiger partial charge in [-0.25, -0.2) is 0 Å². The Balaban J connectivity index is 1.77. The summed E-state index contributed by atoms with van der Waals surface area (Å²) in [6, 6.07) is 5.20. The number of nitrogens with zero attached hydrogens (tertiary/aromatic N) is 1. The van der Waals surface area contributed by atoms with Crippen LogP contribution in [0.1, 0.15) is 33.1 Å². The molecule has 1 aromatic rings. The van der Waals surface area contributed by atoms with Crippen LogP contribution in [0.25, 0.3) is 0 Å². The van der Waals surface area contributed by atoms with Crippen LogP contribution in [-0.2, 0) is 19.1 Å². The lowest BCUT2D eigenvalue weighted by Crippen LogP contribution is -2.56. The molecular weight excluding hydrogens is 422 g/mol. The van der Waals surface area contributed by atoms with Crippen LogP contribution in [0.15, 0.2) is 24.3 Å². The number of likely N-dealkylation sites (tertiary alicyclic amines) is 1. The number of halogens is 1. The second kappa shape index (κ2) is 7.76. The molecule has 8 nitrogen and oxygen atoms in total. The minimum atomic E-state index is -1.11. The number of hydrogen-bond acceptors (Lipinski definition) is 5. The lowest BCUT2D eigenvalue weighted by atomic mass is 9.66. The largest absolute Gasteiger partial charge is 0.394 e. The molecule has 3 amide bonds. The number of benzene rings is 1. The van der Waals surface area contributed by atoms with Crippen molar-refractivity contribution >= 4 is 35.0 Å². The van der Waals surface area contributed by atoms with Gasteiger partial charge in [-0.3, -0.25) is 14.4 Å². The predicted octanol–water partition coefficient (Wildman–Crippen LogP) is 1.56. The van der Waals surface area contributed by atoms with E-state index in [1.807, 2.05) is 13.8 Å². The quantitative estimate of drug-likeness (QED) is 0.610. The Bertz CT molecular complexity index is 905. The van der Waals surface area contributed by atoms with Crippen molar-refractivity contribution in [2.24, 2.45) is 11.8 Å². The van der Waals surface area contributed by atoms with Crippen molar-refractivity contribution in [3.63, 3.8) is 0 Å². The topological polar surface area (TPSA) is 108 Å². The van der Waals surface area contributed by atoms with Crippen LogP contribution in [0.2, 0.25) is 5.02 Å². The summed E-state index contributed by atoms with van der Waals surface area (Å²) in [5.41, 5.74) is -1.38. The number of nitrogens with one attached hydrogen (secondary N) is 2. The molecule has 3 saturated heterocycles. The number of aliphatic hydroxyl groups is 1. The summed E-state index contributed by atoms with van der Waals surface area (Å²) >= 11 is 5.94. The fourth-order valence-electron chi connectivity index (χ4n) is 5.77. The lowest BCUT2D eigenvalue weighted by molar-refractivity contribution is -0.147. The first-order valence-electron chi connectivity index (χ1n) is 10.6. The monoisotopic (exact) mass is 449 g/mol. The van der Waals surface area contributed by atoms with Crippen molar-refractivity contribution in [3.05, 3.63) is 29.3 Å². The van der Waals surface area contributed by atoms with Gasteiger partial charge < -0.3 is 25.4 Å². The first kappa shape index (κ1) is 22.0. The van der Waals surface area contributed by atoms with Crippen LogP contribution in [0.5, 0.6) is 0 Å². The molecule has 3 aliphatic rings. The maximum atomic E-state index is 13.7. The maximum absolute atomic E-state index is 13.7. The number of carbonyl (C=O) groups is 3. The summed E-state index contributed by atoms with van der Waals surface area (Å²) in [7, 11) is 1.54. The summed E-state index contributed by atoms with van der Waals surface area (Å²) in [6.45, 7) is 3.41. The molecule has 3 N–H and O–H groups in total. The summed E-state index contributed by atoms with van der Waals surface area (Å²) in [6.07, 6.45) is 1.53. The molecule has 3 aliphatic heterocycles. The highest BCUT2D eigenvalue weighted by molar-refractivity contribution is 6.30. The van der Waals surface area contributed by atoms with Crippen molar-refractivity contribution in [2.75, 3.05) is 19.0 Å². The van der Waals surface area contributed by atoms with Crippen molar-refractivity contribution in [1.29, 1.82) is 0 Å². The number of aliphatic hydroxyl groups excluding tert-OH is 1. The maximum Gasteiger partial charge on any atom is 0.250 e. The first-order valence-corrected chi connectivity index (χ1v) is 11.0. The molecule has 2 bridgehead atoms. The average Bonchev–Trinajstić information content (AvgIpc) is 3.31. The van der Waals surface area contributed by atoms with Gasteiger partial charge in [-0.05, 0) is 50.5 Å². The van der Waals surface area contributed by atoms with Crippen LogP contribution in [0.4, 0.5) is 5.69 Å². The van der Waals surface area contributed by atoms with E-state index in [0.29, 0.717) is 30.0 Å². The van der Waals surface area contributed by atoms with E-state index in [0.717, 1.165) is 0 Å². The van der Waals surface area contributed by atoms with Gasteiger partial charge in [0.1, 0.15) is 11.6 Å². The van der Waals surface area contributed by atoms with Crippen molar-refractivity contribution < 1.29 is 24.2 Å². The second-order valence-corrected chi connectivity index (χ2v) is 9.26. The number of ether oxygens (including phenoxy) is 1. The van der Waals surface area contributed by atoms with Crippen LogP contribution >= 0.6 is 11.6 Å². The Hall–Kier alpha value is -2.16. The first-order chi connectivity index (χ1) is 14.7. The van der Waals surface area contributed by atoms with E-state index < -0.39 is 41.0 Å². The fraction of sp³-hybridized carbons (Fsp3) is 0.591. The smallest absolute Gasteiger partial charge is 0.250 e. The highest BCUT2D eigenvalue weighted by Crippen LogP contribution is 2.63. The van der Waals surface area contributed by atoms with Gasteiger partial charge in [-0.15, -0.1) is 0 Å². The molecule has 2 unspecified atom stereocenters. The highest BCUT2D eigenvalue weighted by atomic mass is 35.5. The van der Waals surface area contributed by atoms with E-state index in [1.54, 1.807) is 24.3 Å². The molecule has 168 valence electrons. The molecule has 0 saturated carbocycles. The van der Waals surface area contributed by atoms with Gasteiger partial charge in [0.2, 0.25) is 17.7 Å². The normalized spacial score (nSPS) is 34.5. The zero-order valence-corrected chi connectivity index (χ0v) is 18.6. The van der Waals surface area contributed by atoms with E-state index in [2.05, 4.69) is 10.6 Å². The molecule has 0 aromatic heterocycles. The van der Waals surface area contributed by atoms with E-state index in [4.69, 9.17) is 16.3 Å². The average molecular weight is 450 g/mol. The molecule has 6 atom stereocenters. The lowest BCUT2D eigenvalue weighted by Gasteiger charge is -2.36. The zero-order chi connectivity index (χ0) is 22.6. The minimum Gasteiger partial charge on any atom is -0.394 e. The van der Waals surface area contributed by atoms with Crippen LogP contribution in [0.3, 0.4) is 0 Å². The fourth-order valence-corrected chi connectivity index (χ4v) is 5.90. The molecule has 3 heterocycles. The van der Waals surface area contributed by atoms with Crippen LogP contribution < -0.4 is 10.6 Å².